The van der Waals surface area contributed by atoms with Crippen LogP contribution >= 0.6 is 23.2 Å². The van der Waals surface area contributed by atoms with Gasteiger partial charge in [-0.05, 0) is 37.0 Å². The number of amides is 2. The number of likely N-dealkylation sites (tertiary alicyclic amines) is 1. The molecule has 3 rings (SSSR count). The molecule has 1 aromatic rings. The minimum Gasteiger partial charge on any atom is -0.373 e. The van der Waals surface area contributed by atoms with Gasteiger partial charge in [0.2, 0.25) is 11.8 Å². The van der Waals surface area contributed by atoms with Crippen molar-refractivity contribution in [3.05, 3.63) is 33.8 Å². The summed E-state index contributed by atoms with van der Waals surface area (Å²) in [6.45, 7) is 1.81. The average Bonchev–Trinajstić information content (AvgIpc) is 3.02. The number of carbonyl (C=O) groups is 2. The zero-order valence-electron chi connectivity index (χ0n) is 13.3. The van der Waals surface area contributed by atoms with E-state index in [-0.39, 0.29) is 24.0 Å². The van der Waals surface area contributed by atoms with E-state index in [1.165, 1.54) is 0 Å². The Morgan fingerprint density at radius 2 is 1.96 bits per heavy atom. The van der Waals surface area contributed by atoms with Gasteiger partial charge in [-0.25, -0.2) is 0 Å². The van der Waals surface area contributed by atoms with Crippen LogP contribution in [0.3, 0.4) is 0 Å². The van der Waals surface area contributed by atoms with E-state index in [0.717, 1.165) is 18.4 Å². The summed E-state index contributed by atoms with van der Waals surface area (Å²) in [7, 11) is 0. The van der Waals surface area contributed by atoms with Crippen molar-refractivity contribution in [3.8, 4) is 0 Å². The maximum Gasteiger partial charge on any atom is 0.245 e. The Hall–Kier alpha value is -1.30. The predicted octanol–water partition coefficient (Wildman–Crippen LogP) is 2.78. The van der Waals surface area contributed by atoms with E-state index in [1.54, 1.807) is 6.07 Å². The third-order valence-electron chi connectivity index (χ3n) is 4.52. The molecule has 2 aliphatic rings. The first-order valence-corrected chi connectivity index (χ1v) is 8.92. The predicted molar refractivity (Wildman–Crippen MR) is 92.0 cm³/mol. The van der Waals surface area contributed by atoms with Gasteiger partial charge in [0.05, 0.1) is 22.8 Å². The first-order chi connectivity index (χ1) is 11.5. The molecule has 1 aromatic carbocycles. The van der Waals surface area contributed by atoms with Crippen LogP contribution in [0.1, 0.15) is 31.2 Å². The zero-order valence-corrected chi connectivity index (χ0v) is 14.8. The standard InChI is InChI=1S/C17H20Cl2N2O3/c18-13-2-1-11(9-14(13)19)10-24-12-5-7-21(8-6-12)17(23)15-3-4-16(22)20-15/h1-2,9,12,15H,3-8,10H2,(H,20,22)/t15-/m0/s1. The average molecular weight is 371 g/mol. The van der Waals surface area contributed by atoms with Gasteiger partial charge in [-0.3, -0.25) is 9.59 Å². The van der Waals surface area contributed by atoms with Gasteiger partial charge >= 0.3 is 0 Å². The minimum absolute atomic E-state index is 0.0313. The van der Waals surface area contributed by atoms with E-state index in [4.69, 9.17) is 27.9 Å². The van der Waals surface area contributed by atoms with Crippen LogP contribution in [-0.4, -0.2) is 41.9 Å². The topological polar surface area (TPSA) is 58.6 Å². The molecule has 0 aromatic heterocycles. The van der Waals surface area contributed by atoms with Gasteiger partial charge in [-0.2, -0.15) is 0 Å². The quantitative estimate of drug-likeness (QED) is 0.886. The molecule has 0 saturated carbocycles. The Balaban J connectivity index is 1.44. The summed E-state index contributed by atoms with van der Waals surface area (Å²) < 4.78 is 5.93. The first kappa shape index (κ1) is 17.5. The Kier molecular flexibility index (Phi) is 5.64. The van der Waals surface area contributed by atoms with E-state index in [0.29, 0.717) is 42.6 Å². The molecule has 2 heterocycles. The second-order valence-electron chi connectivity index (χ2n) is 6.24. The fraction of sp³-hybridized carbons (Fsp3) is 0.529. The smallest absolute Gasteiger partial charge is 0.245 e. The number of piperidine rings is 1. The summed E-state index contributed by atoms with van der Waals surface area (Å²) in [5.74, 6) is -0.00280. The molecule has 0 spiro atoms. The van der Waals surface area contributed by atoms with Crippen LogP contribution in [-0.2, 0) is 20.9 Å². The second kappa shape index (κ2) is 7.72. The van der Waals surface area contributed by atoms with Crippen LogP contribution in [0.15, 0.2) is 18.2 Å². The van der Waals surface area contributed by atoms with E-state index in [9.17, 15) is 9.59 Å². The highest BCUT2D eigenvalue weighted by molar-refractivity contribution is 6.42. The summed E-state index contributed by atoms with van der Waals surface area (Å²) in [5, 5.41) is 3.79. The molecule has 1 N–H and O–H groups in total. The minimum atomic E-state index is -0.342. The van der Waals surface area contributed by atoms with Crippen molar-refractivity contribution >= 4 is 35.0 Å². The van der Waals surface area contributed by atoms with Gasteiger partial charge in [-0.1, -0.05) is 29.3 Å². The highest BCUT2D eigenvalue weighted by Gasteiger charge is 2.32. The van der Waals surface area contributed by atoms with Crippen molar-refractivity contribution < 1.29 is 14.3 Å². The highest BCUT2D eigenvalue weighted by Crippen LogP contribution is 2.24. The highest BCUT2D eigenvalue weighted by atomic mass is 35.5. The Labute approximate surface area is 151 Å². The number of carbonyl (C=O) groups excluding carboxylic acids is 2. The lowest BCUT2D eigenvalue weighted by atomic mass is 10.1. The summed E-state index contributed by atoms with van der Waals surface area (Å²) in [6, 6.07) is 5.13. The van der Waals surface area contributed by atoms with Crippen LogP contribution in [0.5, 0.6) is 0 Å². The van der Waals surface area contributed by atoms with E-state index < -0.39 is 0 Å². The molecular weight excluding hydrogens is 351 g/mol. The number of rotatable bonds is 4. The van der Waals surface area contributed by atoms with Gasteiger partial charge < -0.3 is 15.0 Å². The van der Waals surface area contributed by atoms with Crippen molar-refractivity contribution in [2.45, 2.75) is 44.4 Å². The fourth-order valence-corrected chi connectivity index (χ4v) is 3.43. The largest absolute Gasteiger partial charge is 0.373 e. The van der Waals surface area contributed by atoms with Crippen LogP contribution in [0.4, 0.5) is 0 Å². The van der Waals surface area contributed by atoms with Crippen molar-refractivity contribution in [1.82, 2.24) is 10.2 Å². The SMILES string of the molecule is O=C1CC[C@@H](C(=O)N2CCC(OCc3ccc(Cl)c(Cl)c3)CC2)N1. The number of nitrogens with zero attached hydrogens (tertiary/aromatic N) is 1. The third-order valence-corrected chi connectivity index (χ3v) is 5.26. The van der Waals surface area contributed by atoms with Crippen LogP contribution < -0.4 is 5.32 Å². The van der Waals surface area contributed by atoms with Gasteiger partial charge in [0, 0.05) is 19.5 Å². The zero-order chi connectivity index (χ0) is 17.1. The number of halogens is 2. The maximum absolute atomic E-state index is 12.3. The third kappa shape index (κ3) is 4.21. The number of benzene rings is 1. The van der Waals surface area contributed by atoms with E-state index in [1.807, 2.05) is 17.0 Å². The van der Waals surface area contributed by atoms with Crippen LogP contribution in [0, 0.1) is 0 Å². The maximum atomic E-state index is 12.3. The Morgan fingerprint density at radius 1 is 1.21 bits per heavy atom. The van der Waals surface area contributed by atoms with Crippen molar-refractivity contribution in [2.24, 2.45) is 0 Å². The number of hydrogen-bond acceptors (Lipinski definition) is 3. The second-order valence-corrected chi connectivity index (χ2v) is 7.06. The molecule has 0 unspecified atom stereocenters. The molecular formula is C17H20Cl2N2O3. The lowest BCUT2D eigenvalue weighted by Crippen LogP contribution is -2.48. The van der Waals surface area contributed by atoms with Crippen molar-refractivity contribution in [1.29, 1.82) is 0 Å². The lowest BCUT2D eigenvalue weighted by molar-refractivity contribution is -0.137. The molecule has 0 bridgehead atoms. The molecule has 2 fully saturated rings. The molecule has 5 nitrogen and oxygen atoms in total. The molecule has 0 radical (unpaired) electrons. The Bertz CT molecular complexity index is 630. The van der Waals surface area contributed by atoms with E-state index in [2.05, 4.69) is 5.32 Å². The summed E-state index contributed by atoms with van der Waals surface area (Å²) in [5.41, 5.74) is 0.983. The van der Waals surface area contributed by atoms with Crippen molar-refractivity contribution in [2.75, 3.05) is 13.1 Å². The molecule has 130 valence electrons. The lowest BCUT2D eigenvalue weighted by Gasteiger charge is -2.33. The van der Waals surface area contributed by atoms with Crippen molar-refractivity contribution in [3.63, 3.8) is 0 Å². The van der Waals surface area contributed by atoms with Gasteiger partial charge in [0.1, 0.15) is 6.04 Å². The van der Waals surface area contributed by atoms with Crippen LogP contribution in [0.2, 0.25) is 10.0 Å². The molecule has 2 saturated heterocycles. The monoisotopic (exact) mass is 370 g/mol. The molecule has 2 amide bonds. The first-order valence-electron chi connectivity index (χ1n) is 8.16. The van der Waals surface area contributed by atoms with Crippen LogP contribution in [0.25, 0.3) is 0 Å². The normalized spacial score (nSPS) is 21.8. The molecule has 0 aliphatic carbocycles. The Morgan fingerprint density at radius 3 is 2.58 bits per heavy atom. The summed E-state index contributed by atoms with van der Waals surface area (Å²) in [6.07, 6.45) is 2.77. The molecule has 2 aliphatic heterocycles. The molecule has 7 heteroatoms. The van der Waals surface area contributed by atoms with Gasteiger partial charge in [0.25, 0.3) is 0 Å². The molecule has 24 heavy (non-hydrogen) atoms. The van der Waals surface area contributed by atoms with Gasteiger partial charge in [-0.15, -0.1) is 0 Å². The summed E-state index contributed by atoms with van der Waals surface area (Å²) >= 11 is 11.9. The number of ether oxygens (including phenoxy) is 1. The number of nitrogens with one attached hydrogen (secondary N) is 1. The summed E-state index contributed by atoms with van der Waals surface area (Å²) in [4.78, 5) is 25.4. The number of hydrogen-bond donors (Lipinski definition) is 1. The fourth-order valence-electron chi connectivity index (χ4n) is 3.11. The van der Waals surface area contributed by atoms with Gasteiger partial charge in [0.15, 0.2) is 0 Å². The molecule has 1 atom stereocenters. The van der Waals surface area contributed by atoms with E-state index >= 15 is 0 Å².